The fourth-order valence-electron chi connectivity index (χ4n) is 1.98. The summed E-state index contributed by atoms with van der Waals surface area (Å²) >= 11 is 0. The molecule has 0 radical (unpaired) electrons. The van der Waals surface area contributed by atoms with Crippen LogP contribution in [0.25, 0.3) is 0 Å². The molecule has 0 aromatic rings. The van der Waals surface area contributed by atoms with Gasteiger partial charge in [-0.05, 0) is 6.42 Å². The van der Waals surface area contributed by atoms with Crippen LogP contribution in [0.15, 0.2) is 0 Å². The van der Waals surface area contributed by atoms with E-state index in [9.17, 15) is 0 Å². The second-order valence-corrected chi connectivity index (χ2v) is 5.87. The molecule has 0 aromatic heterocycles. The fraction of sp³-hybridized carbons (Fsp3) is 1.00. The number of hydrogen-bond donors (Lipinski definition) is 0. The lowest BCUT2D eigenvalue weighted by Crippen LogP contribution is -2.38. The van der Waals surface area contributed by atoms with Crippen molar-refractivity contribution in [2.45, 2.75) is 31.8 Å². The monoisotopic (exact) mass is 288 g/mol. The van der Waals surface area contributed by atoms with E-state index in [0.29, 0.717) is 39.6 Å². The first-order valence-corrected chi connectivity index (χ1v) is 7.41. The van der Waals surface area contributed by atoms with Crippen LogP contribution in [-0.2, 0) is 28.4 Å². The van der Waals surface area contributed by atoms with Crippen LogP contribution in [0.4, 0.5) is 0 Å². The van der Waals surface area contributed by atoms with Gasteiger partial charge >= 0.3 is 0 Å². The lowest BCUT2D eigenvalue weighted by Gasteiger charge is -2.31. The van der Waals surface area contributed by atoms with E-state index >= 15 is 0 Å². The van der Waals surface area contributed by atoms with E-state index in [4.69, 9.17) is 28.4 Å². The van der Waals surface area contributed by atoms with Gasteiger partial charge in [0.2, 0.25) is 0 Å². The maximum Gasteiger partial charge on any atom is 0.181 e. The molecule has 6 heteroatoms. The molecule has 3 atom stereocenters. The van der Waals surface area contributed by atoms with E-state index in [1.807, 2.05) is 0 Å². The summed E-state index contributed by atoms with van der Waals surface area (Å²) in [5.74, 6) is 0. The largest absolute Gasteiger partial charge is 0.378 e. The minimum Gasteiger partial charge on any atom is -0.378 e. The number of epoxide rings is 3. The molecule has 0 aromatic carbocycles. The zero-order valence-electron chi connectivity index (χ0n) is 12.0. The third kappa shape index (κ3) is 4.95. The van der Waals surface area contributed by atoms with Gasteiger partial charge in [-0.1, -0.05) is 6.92 Å². The van der Waals surface area contributed by atoms with Crippen molar-refractivity contribution in [1.29, 1.82) is 0 Å². The van der Waals surface area contributed by atoms with Crippen LogP contribution in [0.2, 0.25) is 0 Å². The second-order valence-electron chi connectivity index (χ2n) is 5.87. The van der Waals surface area contributed by atoms with Gasteiger partial charge < -0.3 is 28.4 Å². The molecular formula is C14H24O6. The summed E-state index contributed by atoms with van der Waals surface area (Å²) in [7, 11) is 0. The Hall–Kier alpha value is -0.240. The molecule has 3 rings (SSSR count). The van der Waals surface area contributed by atoms with Crippen molar-refractivity contribution >= 4 is 0 Å². The van der Waals surface area contributed by atoms with Crippen LogP contribution in [0.3, 0.4) is 0 Å². The summed E-state index contributed by atoms with van der Waals surface area (Å²) in [6.07, 6.45) is 1.49. The minimum absolute atomic E-state index is 0.0283. The minimum atomic E-state index is -0.115. The summed E-state index contributed by atoms with van der Waals surface area (Å²) in [6, 6.07) is 0. The maximum absolute atomic E-state index is 5.78. The van der Waals surface area contributed by atoms with E-state index in [-0.39, 0.29) is 23.9 Å². The molecule has 0 bridgehead atoms. The van der Waals surface area contributed by atoms with E-state index in [0.717, 1.165) is 19.6 Å². The normalized spacial score (nSPS) is 33.8. The first-order chi connectivity index (χ1) is 9.80. The summed E-state index contributed by atoms with van der Waals surface area (Å²) in [4.78, 5) is 0. The highest BCUT2D eigenvalue weighted by molar-refractivity contribution is 4.80. The second kappa shape index (κ2) is 6.68. The first kappa shape index (κ1) is 14.7. The summed E-state index contributed by atoms with van der Waals surface area (Å²) < 4.78 is 32.7. The molecule has 3 fully saturated rings. The van der Waals surface area contributed by atoms with E-state index in [1.54, 1.807) is 0 Å². The van der Waals surface area contributed by atoms with Gasteiger partial charge in [-0.2, -0.15) is 0 Å². The van der Waals surface area contributed by atoms with Gasteiger partial charge in [0.1, 0.15) is 18.8 Å². The molecule has 20 heavy (non-hydrogen) atoms. The van der Waals surface area contributed by atoms with Gasteiger partial charge in [-0.25, -0.2) is 0 Å². The molecule has 3 aliphatic rings. The Bertz CT molecular complexity index is 280. The average Bonchev–Trinajstić information content (AvgIpc) is 3.25. The van der Waals surface area contributed by atoms with Crippen LogP contribution in [0.5, 0.6) is 0 Å². The van der Waals surface area contributed by atoms with Crippen molar-refractivity contribution in [3.05, 3.63) is 0 Å². The molecule has 116 valence electrons. The molecule has 3 heterocycles. The molecular weight excluding hydrogens is 264 g/mol. The van der Waals surface area contributed by atoms with Crippen LogP contribution >= 0.6 is 0 Å². The van der Waals surface area contributed by atoms with Gasteiger partial charge in [0.05, 0.1) is 46.2 Å². The SMILES string of the molecule is CCC(COCC1CO1)(COCC1CO1)COC1CO1. The first-order valence-electron chi connectivity index (χ1n) is 7.41. The smallest absolute Gasteiger partial charge is 0.181 e. The standard InChI is InChI=1S/C14H24O6/c1-2-14(10-20-13-7-19-13,8-15-3-11-5-17-11)9-16-4-12-6-18-12/h11-13H,2-10H2,1H3. The summed E-state index contributed by atoms with van der Waals surface area (Å²) in [5, 5.41) is 0. The molecule has 3 aliphatic heterocycles. The summed E-state index contributed by atoms with van der Waals surface area (Å²) in [5.41, 5.74) is -0.115. The Morgan fingerprint density at radius 1 is 0.900 bits per heavy atom. The van der Waals surface area contributed by atoms with Crippen molar-refractivity contribution < 1.29 is 28.4 Å². The van der Waals surface area contributed by atoms with Gasteiger partial charge in [0, 0.05) is 5.41 Å². The third-order valence-corrected chi connectivity index (χ3v) is 3.86. The highest BCUT2D eigenvalue weighted by atomic mass is 16.8. The lowest BCUT2D eigenvalue weighted by atomic mass is 9.88. The topological polar surface area (TPSA) is 65.3 Å². The Balaban J connectivity index is 1.43. The molecule has 0 N–H and O–H groups in total. The zero-order chi connectivity index (χ0) is 13.8. The Morgan fingerprint density at radius 3 is 1.85 bits per heavy atom. The number of ether oxygens (including phenoxy) is 6. The summed E-state index contributed by atoms with van der Waals surface area (Å²) in [6.45, 7) is 7.66. The van der Waals surface area contributed by atoms with E-state index in [1.165, 1.54) is 0 Å². The van der Waals surface area contributed by atoms with Gasteiger partial charge in [-0.15, -0.1) is 0 Å². The van der Waals surface area contributed by atoms with Gasteiger partial charge in [-0.3, -0.25) is 0 Å². The van der Waals surface area contributed by atoms with Crippen LogP contribution < -0.4 is 0 Å². The molecule has 0 saturated carbocycles. The van der Waals surface area contributed by atoms with Crippen molar-refractivity contribution in [2.75, 3.05) is 52.9 Å². The Morgan fingerprint density at radius 2 is 1.45 bits per heavy atom. The van der Waals surface area contributed by atoms with Crippen LogP contribution in [0, 0.1) is 5.41 Å². The van der Waals surface area contributed by atoms with Crippen LogP contribution in [-0.4, -0.2) is 71.4 Å². The highest BCUT2D eigenvalue weighted by Crippen LogP contribution is 2.27. The van der Waals surface area contributed by atoms with Gasteiger partial charge in [0.25, 0.3) is 0 Å². The Kier molecular flexibility index (Phi) is 4.91. The lowest BCUT2D eigenvalue weighted by molar-refractivity contribution is -0.0902. The van der Waals surface area contributed by atoms with Crippen molar-refractivity contribution in [2.24, 2.45) is 5.41 Å². The number of rotatable bonds is 12. The number of hydrogen-bond acceptors (Lipinski definition) is 6. The van der Waals surface area contributed by atoms with Crippen molar-refractivity contribution in [1.82, 2.24) is 0 Å². The molecule has 6 nitrogen and oxygen atoms in total. The van der Waals surface area contributed by atoms with Crippen LogP contribution in [0.1, 0.15) is 13.3 Å². The maximum atomic E-state index is 5.78. The molecule has 3 unspecified atom stereocenters. The quantitative estimate of drug-likeness (QED) is 0.490. The predicted molar refractivity (Wildman–Crippen MR) is 69.5 cm³/mol. The molecule has 0 amide bonds. The average molecular weight is 288 g/mol. The van der Waals surface area contributed by atoms with Crippen molar-refractivity contribution in [3.63, 3.8) is 0 Å². The highest BCUT2D eigenvalue weighted by Gasteiger charge is 2.35. The zero-order valence-corrected chi connectivity index (χ0v) is 12.0. The van der Waals surface area contributed by atoms with Crippen molar-refractivity contribution in [3.8, 4) is 0 Å². The molecule has 0 aliphatic carbocycles. The van der Waals surface area contributed by atoms with E-state index < -0.39 is 0 Å². The predicted octanol–water partition coefficient (Wildman–Crippen LogP) is 0.587. The molecule has 0 spiro atoms. The molecule has 3 saturated heterocycles. The fourth-order valence-corrected chi connectivity index (χ4v) is 1.98. The van der Waals surface area contributed by atoms with E-state index in [2.05, 4.69) is 6.92 Å². The Labute approximate surface area is 119 Å². The third-order valence-electron chi connectivity index (χ3n) is 3.86. The van der Waals surface area contributed by atoms with Gasteiger partial charge in [0.15, 0.2) is 6.29 Å².